The molecule has 1 N–H and O–H groups in total. The highest BCUT2D eigenvalue weighted by Gasteiger charge is 2.33. The minimum atomic E-state index is -0.762. The van der Waals surface area contributed by atoms with Gasteiger partial charge in [0.2, 0.25) is 0 Å². The van der Waals surface area contributed by atoms with E-state index >= 15 is 0 Å². The summed E-state index contributed by atoms with van der Waals surface area (Å²) in [6.45, 7) is 4.77. The van der Waals surface area contributed by atoms with Gasteiger partial charge in [0, 0.05) is 38.6 Å². The lowest BCUT2D eigenvalue weighted by Crippen LogP contribution is -2.30. The molecule has 0 aliphatic carbocycles. The van der Waals surface area contributed by atoms with E-state index in [9.17, 15) is 14.4 Å². The van der Waals surface area contributed by atoms with Crippen molar-refractivity contribution in [3.8, 4) is 16.9 Å². The fraction of sp³-hybridized carbons (Fsp3) is 0.296. The van der Waals surface area contributed by atoms with Gasteiger partial charge < -0.3 is 9.47 Å². The number of methoxy groups -OCH3 is 1. The van der Waals surface area contributed by atoms with Gasteiger partial charge in [-0.1, -0.05) is 65.3 Å². The number of carbonyl (C=O) groups is 1. The van der Waals surface area contributed by atoms with E-state index < -0.39 is 16.7 Å². The second-order valence-electron chi connectivity index (χ2n) is 9.13. The number of ether oxygens (including phenoxy) is 2. The quantitative estimate of drug-likeness (QED) is 0.182. The van der Waals surface area contributed by atoms with Crippen LogP contribution in [0.3, 0.4) is 0 Å². The summed E-state index contributed by atoms with van der Waals surface area (Å²) in [7, 11) is 1.59. The Balaban J connectivity index is 1.69. The molecule has 210 valence electrons. The molecule has 2 aromatic heterocycles. The van der Waals surface area contributed by atoms with Crippen molar-refractivity contribution in [1.82, 2.24) is 19.7 Å². The molecular formula is C27H26Cl2N4O5S2. The second-order valence-corrected chi connectivity index (χ2v) is 12.0. The Morgan fingerprint density at radius 3 is 2.48 bits per heavy atom. The van der Waals surface area contributed by atoms with E-state index in [1.165, 1.54) is 11.3 Å². The number of aromatic amines is 1. The van der Waals surface area contributed by atoms with E-state index in [1.54, 1.807) is 19.2 Å². The Hall–Kier alpha value is -2.80. The highest BCUT2D eigenvalue weighted by atomic mass is 35.5. The predicted molar refractivity (Wildman–Crippen MR) is 159 cm³/mol. The molecule has 0 aliphatic rings. The molecule has 2 aromatic carbocycles. The van der Waals surface area contributed by atoms with Crippen LogP contribution in [-0.4, -0.2) is 51.1 Å². The van der Waals surface area contributed by atoms with Crippen molar-refractivity contribution in [3.05, 3.63) is 95.0 Å². The zero-order valence-corrected chi connectivity index (χ0v) is 25.0. The molecular weight excluding hydrogens is 595 g/mol. The van der Waals surface area contributed by atoms with E-state index in [-0.39, 0.29) is 17.5 Å². The molecule has 0 saturated carbocycles. The van der Waals surface area contributed by atoms with Gasteiger partial charge in [-0.15, -0.1) is 11.3 Å². The van der Waals surface area contributed by atoms with Gasteiger partial charge in [-0.2, -0.15) is 9.78 Å². The first-order valence-corrected chi connectivity index (χ1v) is 14.6. The molecule has 0 atom stereocenters. The van der Waals surface area contributed by atoms with Crippen molar-refractivity contribution in [2.45, 2.75) is 25.7 Å². The molecule has 0 fully saturated rings. The summed E-state index contributed by atoms with van der Waals surface area (Å²) in [5, 5.41) is 5.14. The molecule has 4 rings (SSSR count). The number of hydrogen-bond acceptors (Lipinski definition) is 9. The van der Waals surface area contributed by atoms with Gasteiger partial charge in [-0.25, -0.2) is 9.78 Å². The molecule has 9 nitrogen and oxygen atoms in total. The average Bonchev–Trinajstić information content (AvgIpc) is 3.33. The van der Waals surface area contributed by atoms with Crippen LogP contribution in [0.4, 0.5) is 0 Å². The molecule has 40 heavy (non-hydrogen) atoms. The molecule has 0 radical (unpaired) electrons. The Kier molecular flexibility index (Phi) is 9.99. The van der Waals surface area contributed by atoms with Crippen LogP contribution in [0.5, 0.6) is 0 Å². The molecule has 0 bridgehead atoms. The van der Waals surface area contributed by atoms with Crippen molar-refractivity contribution in [3.63, 3.8) is 0 Å². The molecule has 0 amide bonds. The molecule has 0 aliphatic heterocycles. The van der Waals surface area contributed by atoms with Crippen LogP contribution in [0.15, 0.2) is 58.3 Å². The van der Waals surface area contributed by atoms with Crippen LogP contribution in [-0.2, 0) is 26.1 Å². The number of thiazole rings is 1. The summed E-state index contributed by atoms with van der Waals surface area (Å²) in [5.74, 6) is 0.241. The number of rotatable bonds is 11. The van der Waals surface area contributed by atoms with Crippen LogP contribution >= 0.6 is 46.3 Å². The number of hydrogen-bond donors (Lipinski definition) is 1. The summed E-state index contributed by atoms with van der Waals surface area (Å²) in [4.78, 5) is 44.4. The Bertz CT molecular complexity index is 1600. The van der Waals surface area contributed by atoms with Crippen LogP contribution in [0.25, 0.3) is 16.9 Å². The monoisotopic (exact) mass is 620 g/mol. The zero-order chi connectivity index (χ0) is 28.9. The molecule has 4 aromatic rings. The molecule has 0 saturated heterocycles. The number of thioether (sulfide) groups is 1. The maximum Gasteiger partial charge on any atom is 0.349 e. The third-order valence-corrected chi connectivity index (χ3v) is 8.65. The van der Waals surface area contributed by atoms with Gasteiger partial charge in [-0.3, -0.25) is 14.6 Å². The van der Waals surface area contributed by atoms with Gasteiger partial charge in [0.05, 0.1) is 37.0 Å². The lowest BCUT2D eigenvalue weighted by Gasteiger charge is -2.26. The second kappa shape index (κ2) is 13.2. The topological polar surface area (TPSA) is 116 Å². The van der Waals surface area contributed by atoms with Crippen molar-refractivity contribution in [2.24, 2.45) is 0 Å². The normalized spacial score (nSPS) is 11.6. The maximum atomic E-state index is 12.8. The largest absolute Gasteiger partial charge is 0.382 e. The fourth-order valence-corrected chi connectivity index (χ4v) is 6.78. The lowest BCUT2D eigenvalue weighted by atomic mass is 9.85. The number of nitrogens with one attached hydrogen (secondary N) is 1. The van der Waals surface area contributed by atoms with Gasteiger partial charge >= 0.3 is 5.69 Å². The minimum Gasteiger partial charge on any atom is -0.382 e. The highest BCUT2D eigenvalue weighted by Crippen LogP contribution is 2.44. The molecule has 13 heteroatoms. The number of halogens is 2. The van der Waals surface area contributed by atoms with E-state index in [0.717, 1.165) is 38.8 Å². The number of aromatic nitrogens is 4. The standard InChI is InChI=1S/C27H26Cl2N4O5S2/c1-27(2,23-18(28)11-17(12-19(23)29)33-26(36)31-21(34)14-30-33)25-32-24(16-7-5-4-6-8-16)20(40-25)13-22(35)39-15-38-10-9-37-3/h4-8,11-12,14H,9-10,13,15H2,1-3H3,(H,31,34,36). The van der Waals surface area contributed by atoms with Crippen LogP contribution in [0.1, 0.15) is 29.3 Å². The Morgan fingerprint density at radius 1 is 1.12 bits per heavy atom. The molecule has 0 spiro atoms. The summed E-state index contributed by atoms with van der Waals surface area (Å²) in [5.41, 5.74) is 0.426. The fourth-order valence-electron chi connectivity index (χ4n) is 3.97. The minimum absolute atomic E-state index is 0.0399. The number of carbonyl (C=O) groups excluding carboxylic acids is 1. The SMILES string of the molecule is COCCOCSC(=O)Cc1sc(C(C)(C)c2c(Cl)cc(-n3ncc(=O)[nH]c3=O)cc2Cl)nc1-c1ccccc1. The van der Waals surface area contributed by atoms with Crippen molar-refractivity contribution in [1.29, 1.82) is 0 Å². The van der Waals surface area contributed by atoms with Gasteiger partial charge in [0.1, 0.15) is 11.2 Å². The van der Waals surface area contributed by atoms with E-state index in [1.807, 2.05) is 44.2 Å². The average molecular weight is 622 g/mol. The third kappa shape index (κ3) is 6.91. The molecule has 0 unspecified atom stereocenters. The lowest BCUT2D eigenvalue weighted by molar-refractivity contribution is -0.110. The third-order valence-electron chi connectivity index (χ3n) is 5.93. The Labute approximate surface area is 248 Å². The van der Waals surface area contributed by atoms with Gasteiger partial charge in [-0.05, 0) is 26.0 Å². The summed E-state index contributed by atoms with van der Waals surface area (Å²) < 4.78 is 11.4. The van der Waals surface area contributed by atoms with Crippen LogP contribution in [0, 0.1) is 0 Å². The molecule has 2 heterocycles. The smallest absolute Gasteiger partial charge is 0.349 e. The van der Waals surface area contributed by atoms with Crippen molar-refractivity contribution >= 4 is 51.4 Å². The first kappa shape index (κ1) is 30.2. The number of benzene rings is 2. The van der Waals surface area contributed by atoms with Crippen LogP contribution < -0.4 is 11.2 Å². The number of H-pyrrole nitrogens is 1. The summed E-state index contributed by atoms with van der Waals surface area (Å²) in [6.07, 6.45) is 1.17. The predicted octanol–water partition coefficient (Wildman–Crippen LogP) is 5.10. The first-order valence-electron chi connectivity index (χ1n) is 12.1. The maximum absolute atomic E-state index is 12.8. The highest BCUT2D eigenvalue weighted by molar-refractivity contribution is 8.13. The van der Waals surface area contributed by atoms with E-state index in [4.69, 9.17) is 37.7 Å². The summed E-state index contributed by atoms with van der Waals surface area (Å²) >= 11 is 16.0. The summed E-state index contributed by atoms with van der Waals surface area (Å²) in [6, 6.07) is 12.8. The van der Waals surface area contributed by atoms with Crippen LogP contribution in [0.2, 0.25) is 10.0 Å². The van der Waals surface area contributed by atoms with Crippen molar-refractivity contribution < 1.29 is 14.3 Å². The van der Waals surface area contributed by atoms with Gasteiger partial charge in [0.15, 0.2) is 5.12 Å². The van der Waals surface area contributed by atoms with E-state index in [2.05, 4.69) is 10.1 Å². The van der Waals surface area contributed by atoms with E-state index in [0.29, 0.717) is 39.5 Å². The Morgan fingerprint density at radius 2 is 1.82 bits per heavy atom. The van der Waals surface area contributed by atoms with Crippen molar-refractivity contribution in [2.75, 3.05) is 26.3 Å². The zero-order valence-electron chi connectivity index (χ0n) is 21.9. The number of nitrogens with zero attached hydrogens (tertiary/aromatic N) is 3. The van der Waals surface area contributed by atoms with Gasteiger partial charge in [0.25, 0.3) is 5.56 Å². The first-order chi connectivity index (χ1) is 19.1.